The lowest BCUT2D eigenvalue weighted by Crippen LogP contribution is -2.35. The lowest BCUT2D eigenvalue weighted by Gasteiger charge is -2.30. The number of alkyl halides is 1. The summed E-state index contributed by atoms with van der Waals surface area (Å²) >= 11 is 0. The first-order valence-electron chi connectivity index (χ1n) is 4.66. The lowest BCUT2D eigenvalue weighted by molar-refractivity contribution is 0.169. The second-order valence-corrected chi connectivity index (χ2v) is 3.39. The minimum atomic E-state index is -0.190. The quantitative estimate of drug-likeness (QED) is 0.376. The zero-order valence-electron chi connectivity index (χ0n) is 7.69. The molecule has 1 aliphatic rings. The molecule has 13 heavy (non-hydrogen) atoms. The predicted molar refractivity (Wildman–Crippen MR) is 49.2 cm³/mol. The van der Waals surface area contributed by atoms with Crippen LogP contribution >= 0.6 is 0 Å². The second kappa shape index (κ2) is 5.78. The summed E-state index contributed by atoms with van der Waals surface area (Å²) in [6.07, 6.45) is 1.87. The van der Waals surface area contributed by atoms with Crippen LogP contribution < -0.4 is 0 Å². The zero-order valence-corrected chi connectivity index (χ0v) is 7.69. The van der Waals surface area contributed by atoms with E-state index in [9.17, 15) is 4.39 Å². The highest BCUT2D eigenvalue weighted by Gasteiger charge is 2.17. The molecule has 0 spiro atoms. The van der Waals surface area contributed by atoms with E-state index < -0.39 is 0 Å². The number of azide groups is 1. The third-order valence-electron chi connectivity index (χ3n) is 2.50. The molecule has 0 amide bonds. The Kier molecular flexibility index (Phi) is 4.57. The van der Waals surface area contributed by atoms with E-state index in [0.29, 0.717) is 6.54 Å². The molecule has 74 valence electrons. The van der Waals surface area contributed by atoms with Crippen LogP contribution in [0.5, 0.6) is 0 Å². The second-order valence-electron chi connectivity index (χ2n) is 3.39. The predicted octanol–water partition coefficient (Wildman–Crippen LogP) is 1.98. The number of nitrogens with zero attached hydrogens (tertiary/aromatic N) is 4. The van der Waals surface area contributed by atoms with Crippen molar-refractivity contribution in [3.63, 3.8) is 0 Å². The summed E-state index contributed by atoms with van der Waals surface area (Å²) in [6, 6.07) is 0. The Morgan fingerprint density at radius 1 is 1.46 bits per heavy atom. The van der Waals surface area contributed by atoms with Crippen LogP contribution in [0.2, 0.25) is 0 Å². The molecule has 0 bridgehead atoms. The van der Waals surface area contributed by atoms with Crippen molar-refractivity contribution < 1.29 is 4.39 Å². The van der Waals surface area contributed by atoms with E-state index in [-0.39, 0.29) is 12.6 Å². The van der Waals surface area contributed by atoms with Crippen molar-refractivity contribution in [2.45, 2.75) is 12.8 Å². The molecule has 5 heteroatoms. The van der Waals surface area contributed by atoms with Crippen molar-refractivity contribution in [1.82, 2.24) is 4.90 Å². The molecule has 4 nitrogen and oxygen atoms in total. The molecule has 1 rings (SSSR count). The van der Waals surface area contributed by atoms with Gasteiger partial charge in [0.25, 0.3) is 0 Å². The van der Waals surface area contributed by atoms with Gasteiger partial charge >= 0.3 is 0 Å². The number of piperidine rings is 1. The van der Waals surface area contributed by atoms with Gasteiger partial charge in [0.2, 0.25) is 0 Å². The standard InChI is InChI=1S/C8H15FN4/c9-7-8-1-4-13(5-2-8)6-3-11-12-10/h8H,1-7H2. The summed E-state index contributed by atoms with van der Waals surface area (Å²) in [5.41, 5.74) is 8.07. The third-order valence-corrected chi connectivity index (χ3v) is 2.50. The van der Waals surface area contributed by atoms with Gasteiger partial charge in [-0.05, 0) is 37.4 Å². The Morgan fingerprint density at radius 3 is 2.69 bits per heavy atom. The fourth-order valence-electron chi connectivity index (χ4n) is 1.60. The van der Waals surface area contributed by atoms with Crippen molar-refractivity contribution in [2.24, 2.45) is 11.0 Å². The first kappa shape index (κ1) is 10.3. The van der Waals surface area contributed by atoms with Crippen LogP contribution in [-0.2, 0) is 0 Å². The van der Waals surface area contributed by atoms with E-state index in [1.165, 1.54) is 0 Å². The Bertz CT molecular complexity index is 183. The molecule has 0 atom stereocenters. The number of rotatable bonds is 4. The Morgan fingerprint density at radius 2 is 2.15 bits per heavy atom. The minimum Gasteiger partial charge on any atom is -0.303 e. The van der Waals surface area contributed by atoms with E-state index >= 15 is 0 Å². The molecule has 1 fully saturated rings. The highest BCUT2D eigenvalue weighted by Crippen LogP contribution is 2.16. The van der Waals surface area contributed by atoms with Gasteiger partial charge in [-0.3, -0.25) is 4.39 Å². The number of halogens is 1. The summed E-state index contributed by atoms with van der Waals surface area (Å²) < 4.78 is 12.2. The summed E-state index contributed by atoms with van der Waals surface area (Å²) in [5.74, 6) is 0.260. The van der Waals surface area contributed by atoms with Gasteiger partial charge in [0.1, 0.15) is 0 Å². The van der Waals surface area contributed by atoms with Gasteiger partial charge in [-0.15, -0.1) is 0 Å². The smallest absolute Gasteiger partial charge is 0.0923 e. The highest BCUT2D eigenvalue weighted by atomic mass is 19.1. The molecule has 0 aliphatic carbocycles. The largest absolute Gasteiger partial charge is 0.303 e. The van der Waals surface area contributed by atoms with Crippen molar-refractivity contribution in [1.29, 1.82) is 0 Å². The minimum absolute atomic E-state index is 0.190. The molecule has 0 N–H and O–H groups in total. The normalized spacial score (nSPS) is 19.8. The Labute approximate surface area is 77.3 Å². The Balaban J connectivity index is 2.13. The molecular weight excluding hydrogens is 171 g/mol. The zero-order chi connectivity index (χ0) is 9.52. The van der Waals surface area contributed by atoms with Crippen molar-refractivity contribution in [3.8, 4) is 0 Å². The molecular formula is C8H15FN4. The van der Waals surface area contributed by atoms with Gasteiger partial charge in [0, 0.05) is 18.0 Å². The van der Waals surface area contributed by atoms with Crippen LogP contribution in [0.3, 0.4) is 0 Å². The van der Waals surface area contributed by atoms with Gasteiger partial charge in [0.15, 0.2) is 0 Å². The van der Waals surface area contributed by atoms with E-state index in [4.69, 9.17) is 5.53 Å². The molecule has 0 aromatic carbocycles. The molecule has 0 radical (unpaired) electrons. The maximum atomic E-state index is 12.2. The maximum absolute atomic E-state index is 12.2. The number of hydrogen-bond acceptors (Lipinski definition) is 2. The van der Waals surface area contributed by atoms with Crippen LogP contribution in [0.4, 0.5) is 4.39 Å². The molecule has 0 unspecified atom stereocenters. The first-order chi connectivity index (χ1) is 6.36. The van der Waals surface area contributed by atoms with Gasteiger partial charge in [0.05, 0.1) is 6.67 Å². The van der Waals surface area contributed by atoms with Crippen LogP contribution in [0.1, 0.15) is 12.8 Å². The Hall–Kier alpha value is -0.800. The number of hydrogen-bond donors (Lipinski definition) is 0. The monoisotopic (exact) mass is 186 g/mol. The highest BCUT2D eigenvalue weighted by molar-refractivity contribution is 4.72. The molecule has 1 heterocycles. The summed E-state index contributed by atoms with van der Waals surface area (Å²) in [4.78, 5) is 4.91. The van der Waals surface area contributed by atoms with Crippen molar-refractivity contribution in [2.75, 3.05) is 32.9 Å². The van der Waals surface area contributed by atoms with E-state index in [1.807, 2.05) is 0 Å². The molecule has 1 aliphatic heterocycles. The van der Waals surface area contributed by atoms with Gasteiger partial charge < -0.3 is 4.90 Å². The van der Waals surface area contributed by atoms with Gasteiger partial charge in [-0.25, -0.2) is 0 Å². The van der Waals surface area contributed by atoms with E-state index in [2.05, 4.69) is 14.9 Å². The molecule has 1 saturated heterocycles. The van der Waals surface area contributed by atoms with Gasteiger partial charge in [-0.2, -0.15) is 0 Å². The van der Waals surface area contributed by atoms with E-state index in [1.54, 1.807) is 0 Å². The fraction of sp³-hybridized carbons (Fsp3) is 1.00. The number of likely N-dealkylation sites (tertiary alicyclic amines) is 1. The molecule has 0 aromatic heterocycles. The SMILES string of the molecule is [N-]=[N+]=NCCN1CCC(CF)CC1. The average molecular weight is 186 g/mol. The summed E-state index contributed by atoms with van der Waals surface area (Å²) in [7, 11) is 0. The molecule has 0 saturated carbocycles. The fourth-order valence-corrected chi connectivity index (χ4v) is 1.60. The first-order valence-corrected chi connectivity index (χ1v) is 4.66. The van der Waals surface area contributed by atoms with Gasteiger partial charge in [-0.1, -0.05) is 5.11 Å². The lowest BCUT2D eigenvalue weighted by atomic mass is 9.98. The van der Waals surface area contributed by atoms with Crippen LogP contribution in [0.15, 0.2) is 5.11 Å². The van der Waals surface area contributed by atoms with E-state index in [0.717, 1.165) is 32.5 Å². The van der Waals surface area contributed by atoms with Crippen LogP contribution in [0.25, 0.3) is 10.4 Å². The topological polar surface area (TPSA) is 52.0 Å². The van der Waals surface area contributed by atoms with Crippen LogP contribution in [-0.4, -0.2) is 37.8 Å². The summed E-state index contributed by atoms with van der Waals surface area (Å²) in [5, 5.41) is 3.47. The maximum Gasteiger partial charge on any atom is 0.0923 e. The van der Waals surface area contributed by atoms with Crippen molar-refractivity contribution >= 4 is 0 Å². The van der Waals surface area contributed by atoms with Crippen molar-refractivity contribution in [3.05, 3.63) is 10.4 Å². The third kappa shape index (κ3) is 3.61. The van der Waals surface area contributed by atoms with Crippen LogP contribution in [0, 0.1) is 5.92 Å². The summed E-state index contributed by atoms with van der Waals surface area (Å²) in [6.45, 7) is 3.02. The molecule has 0 aromatic rings. The average Bonchev–Trinajstić information content (AvgIpc) is 2.19.